The molecule has 0 unspecified atom stereocenters. The minimum Gasteiger partial charge on any atom is -0.493 e. The second kappa shape index (κ2) is 9.96. The van der Waals surface area contributed by atoms with E-state index in [1.54, 1.807) is 31.2 Å². The Balaban J connectivity index is 1.93. The normalized spacial score (nSPS) is 15.3. The third-order valence-electron chi connectivity index (χ3n) is 5.20. The molecule has 6 nitrogen and oxygen atoms in total. The quantitative estimate of drug-likeness (QED) is 0.648. The number of amides is 1. The zero-order chi connectivity index (χ0) is 21.6. The summed E-state index contributed by atoms with van der Waals surface area (Å²) in [6.45, 7) is 5.17. The van der Waals surface area contributed by atoms with Gasteiger partial charge < -0.3 is 19.5 Å². The zero-order valence-corrected chi connectivity index (χ0v) is 18.0. The second-order valence-electron chi connectivity index (χ2n) is 6.99. The molecule has 160 valence electrons. The van der Waals surface area contributed by atoms with Gasteiger partial charge in [-0.15, -0.1) is 0 Å². The predicted octanol–water partition coefficient (Wildman–Crippen LogP) is 4.60. The molecule has 0 bridgehead atoms. The van der Waals surface area contributed by atoms with Gasteiger partial charge in [0.2, 0.25) is 5.91 Å². The number of hydrogen-bond acceptors (Lipinski definition) is 5. The number of rotatable bonds is 7. The van der Waals surface area contributed by atoms with Gasteiger partial charge in [-0.05, 0) is 56.5 Å². The van der Waals surface area contributed by atoms with Crippen molar-refractivity contribution >= 4 is 29.2 Å². The molecule has 1 fully saturated rings. The number of carbonyl (C=O) groups excluding carboxylic acids is 2. The minimum absolute atomic E-state index is 0.183. The van der Waals surface area contributed by atoms with Crippen LogP contribution >= 0.6 is 11.6 Å². The Kier molecular flexibility index (Phi) is 7.34. The topological polar surface area (TPSA) is 73.9 Å². The van der Waals surface area contributed by atoms with Crippen molar-refractivity contribution in [2.24, 2.45) is 0 Å². The maximum absolute atomic E-state index is 13.5. The summed E-state index contributed by atoms with van der Waals surface area (Å²) in [5, 5.41) is 3.52. The molecule has 0 radical (unpaired) electrons. The van der Waals surface area contributed by atoms with Crippen molar-refractivity contribution in [2.45, 2.75) is 32.1 Å². The standard InChI is InChI=1S/C23H26ClNO5/c1-3-29-20-10-9-16(15-17(20)21(26)30-4-2)25-22(27)23(11-13-28-14-12-23)18-7-5-6-8-19(18)24/h5-10,15H,3-4,11-14H2,1-2H3,(H,25,27). The molecule has 1 N–H and O–H groups in total. The first-order chi connectivity index (χ1) is 14.5. The molecule has 7 heteroatoms. The predicted molar refractivity (Wildman–Crippen MR) is 115 cm³/mol. The molecule has 1 saturated heterocycles. The molecule has 0 atom stereocenters. The van der Waals surface area contributed by atoms with E-state index in [2.05, 4.69) is 5.32 Å². The first-order valence-corrected chi connectivity index (χ1v) is 10.5. The van der Waals surface area contributed by atoms with Crippen molar-refractivity contribution in [1.82, 2.24) is 0 Å². The van der Waals surface area contributed by atoms with Crippen LogP contribution in [-0.2, 0) is 19.7 Å². The molecule has 30 heavy (non-hydrogen) atoms. The summed E-state index contributed by atoms with van der Waals surface area (Å²) < 4.78 is 16.2. The molecule has 1 heterocycles. The molecule has 1 amide bonds. The highest BCUT2D eigenvalue weighted by molar-refractivity contribution is 6.31. The van der Waals surface area contributed by atoms with E-state index >= 15 is 0 Å². The smallest absolute Gasteiger partial charge is 0.341 e. The minimum atomic E-state index is -0.806. The van der Waals surface area contributed by atoms with Crippen LogP contribution in [0.25, 0.3) is 0 Å². The highest BCUT2D eigenvalue weighted by Gasteiger charge is 2.43. The van der Waals surface area contributed by atoms with Gasteiger partial charge in [-0.3, -0.25) is 4.79 Å². The van der Waals surface area contributed by atoms with E-state index < -0.39 is 11.4 Å². The van der Waals surface area contributed by atoms with Crippen LogP contribution in [0, 0.1) is 0 Å². The van der Waals surface area contributed by atoms with Gasteiger partial charge in [-0.1, -0.05) is 29.8 Å². The summed E-state index contributed by atoms with van der Waals surface area (Å²) in [5.41, 5.74) is 0.739. The van der Waals surface area contributed by atoms with Gasteiger partial charge in [0, 0.05) is 23.9 Å². The van der Waals surface area contributed by atoms with Gasteiger partial charge in [0.05, 0.1) is 18.6 Å². The Morgan fingerprint density at radius 3 is 2.50 bits per heavy atom. The van der Waals surface area contributed by atoms with Crippen LogP contribution in [0.15, 0.2) is 42.5 Å². The molecule has 1 aliphatic rings. The van der Waals surface area contributed by atoms with E-state index in [0.29, 0.717) is 49.1 Å². The van der Waals surface area contributed by atoms with Crippen molar-refractivity contribution in [3.63, 3.8) is 0 Å². The van der Waals surface area contributed by atoms with Crippen LogP contribution < -0.4 is 10.1 Å². The lowest BCUT2D eigenvalue weighted by molar-refractivity contribution is -0.125. The Morgan fingerprint density at radius 2 is 1.83 bits per heavy atom. The maximum atomic E-state index is 13.5. The Labute approximate surface area is 181 Å². The average molecular weight is 432 g/mol. The molecular formula is C23H26ClNO5. The van der Waals surface area contributed by atoms with E-state index in [1.165, 1.54) is 0 Å². The maximum Gasteiger partial charge on any atom is 0.341 e. The zero-order valence-electron chi connectivity index (χ0n) is 17.2. The van der Waals surface area contributed by atoms with Crippen molar-refractivity contribution < 1.29 is 23.8 Å². The molecule has 2 aromatic carbocycles. The van der Waals surface area contributed by atoms with E-state index in [4.69, 9.17) is 25.8 Å². The van der Waals surface area contributed by atoms with Gasteiger partial charge in [0.25, 0.3) is 0 Å². The van der Waals surface area contributed by atoms with Gasteiger partial charge >= 0.3 is 5.97 Å². The lowest BCUT2D eigenvalue weighted by Gasteiger charge is -2.36. The van der Waals surface area contributed by atoms with Crippen molar-refractivity contribution in [2.75, 3.05) is 31.7 Å². The molecule has 0 aromatic heterocycles. The SMILES string of the molecule is CCOC(=O)c1cc(NC(=O)C2(c3ccccc3Cl)CCOCC2)ccc1OCC. The van der Waals surface area contributed by atoms with Gasteiger partial charge in [0.1, 0.15) is 11.3 Å². The summed E-state index contributed by atoms with van der Waals surface area (Å²) in [7, 11) is 0. The molecule has 0 aliphatic carbocycles. The van der Waals surface area contributed by atoms with Crippen molar-refractivity contribution in [3.8, 4) is 5.75 Å². The first kappa shape index (κ1) is 22.1. The van der Waals surface area contributed by atoms with Crippen LogP contribution in [0.5, 0.6) is 5.75 Å². The third kappa shape index (κ3) is 4.60. The lowest BCUT2D eigenvalue weighted by Crippen LogP contribution is -2.45. The van der Waals surface area contributed by atoms with Crippen LogP contribution in [0.3, 0.4) is 0 Å². The molecule has 0 spiro atoms. The highest BCUT2D eigenvalue weighted by Crippen LogP contribution is 2.40. The van der Waals surface area contributed by atoms with Crippen LogP contribution in [0.1, 0.15) is 42.6 Å². The van der Waals surface area contributed by atoms with E-state index in [0.717, 1.165) is 5.56 Å². The number of anilines is 1. The summed E-state index contributed by atoms with van der Waals surface area (Å²) >= 11 is 6.45. The summed E-state index contributed by atoms with van der Waals surface area (Å²) in [6, 6.07) is 12.4. The third-order valence-corrected chi connectivity index (χ3v) is 5.53. The fourth-order valence-corrected chi connectivity index (χ4v) is 4.01. The Hall–Kier alpha value is -2.57. The number of carbonyl (C=O) groups is 2. The Bertz CT molecular complexity index is 908. The lowest BCUT2D eigenvalue weighted by atomic mass is 9.73. The number of hydrogen-bond donors (Lipinski definition) is 1. The van der Waals surface area contributed by atoms with E-state index in [-0.39, 0.29) is 18.1 Å². The van der Waals surface area contributed by atoms with Crippen LogP contribution in [-0.4, -0.2) is 38.3 Å². The number of nitrogens with one attached hydrogen (secondary N) is 1. The molecule has 0 saturated carbocycles. The van der Waals surface area contributed by atoms with Gasteiger partial charge in [-0.2, -0.15) is 0 Å². The first-order valence-electron chi connectivity index (χ1n) is 10.1. The largest absolute Gasteiger partial charge is 0.493 e. The highest BCUT2D eigenvalue weighted by atomic mass is 35.5. The fourth-order valence-electron chi connectivity index (χ4n) is 3.70. The summed E-state index contributed by atoms with van der Waals surface area (Å²) in [5.74, 6) is -0.261. The average Bonchev–Trinajstić information content (AvgIpc) is 2.76. The van der Waals surface area contributed by atoms with Crippen LogP contribution in [0.4, 0.5) is 5.69 Å². The Morgan fingerprint density at radius 1 is 1.10 bits per heavy atom. The monoisotopic (exact) mass is 431 g/mol. The van der Waals surface area contributed by atoms with Gasteiger partial charge in [0.15, 0.2) is 0 Å². The van der Waals surface area contributed by atoms with Crippen molar-refractivity contribution in [3.05, 3.63) is 58.6 Å². The molecular weight excluding hydrogens is 406 g/mol. The molecule has 1 aliphatic heterocycles. The van der Waals surface area contributed by atoms with E-state index in [1.807, 2.05) is 25.1 Å². The van der Waals surface area contributed by atoms with Crippen molar-refractivity contribution in [1.29, 1.82) is 0 Å². The second-order valence-corrected chi connectivity index (χ2v) is 7.40. The molecule has 3 rings (SSSR count). The van der Waals surface area contributed by atoms with Gasteiger partial charge in [-0.25, -0.2) is 4.79 Å². The number of halogens is 1. The fraction of sp³-hybridized carbons (Fsp3) is 0.391. The number of esters is 1. The van der Waals surface area contributed by atoms with Crippen LogP contribution in [0.2, 0.25) is 5.02 Å². The number of ether oxygens (including phenoxy) is 3. The summed E-state index contributed by atoms with van der Waals surface area (Å²) in [4.78, 5) is 25.8. The molecule has 2 aromatic rings. The summed E-state index contributed by atoms with van der Waals surface area (Å²) in [6.07, 6.45) is 1.04. The number of benzene rings is 2. The van der Waals surface area contributed by atoms with E-state index in [9.17, 15) is 9.59 Å².